The van der Waals surface area contributed by atoms with Crippen LogP contribution in [0.25, 0.3) is 0 Å². The van der Waals surface area contributed by atoms with Gasteiger partial charge in [-0.3, -0.25) is 8.57 Å². The van der Waals surface area contributed by atoms with Gasteiger partial charge < -0.3 is 0 Å². The third-order valence-electron chi connectivity index (χ3n) is 1.82. The lowest BCUT2D eigenvalue weighted by Gasteiger charge is -2.08. The smallest absolute Gasteiger partial charge is 0.264 e. The van der Waals surface area contributed by atoms with Crippen LogP contribution in [0.1, 0.15) is 12.8 Å². The lowest BCUT2D eigenvalue weighted by Crippen LogP contribution is -2.15. The van der Waals surface area contributed by atoms with Crippen LogP contribution in [-0.2, 0) is 14.3 Å². The second kappa shape index (κ2) is 2.71. The molecule has 1 saturated carbocycles. The maximum absolute atomic E-state index is 12.1. The molecule has 0 N–H and O–H groups in total. The average Bonchev–Trinajstić information content (AvgIpc) is 2.63. The van der Waals surface area contributed by atoms with Gasteiger partial charge in [-0.2, -0.15) is 8.42 Å². The maximum Gasteiger partial charge on any atom is 0.264 e. The van der Waals surface area contributed by atoms with Crippen molar-refractivity contribution in [1.82, 2.24) is 0 Å². The zero-order valence-corrected chi connectivity index (χ0v) is 7.16. The van der Waals surface area contributed by atoms with Gasteiger partial charge in [-0.25, -0.2) is 0 Å². The summed E-state index contributed by atoms with van der Waals surface area (Å²) in [6.45, 7) is -0.481. The Balaban J connectivity index is 2.33. The fourth-order valence-corrected chi connectivity index (χ4v) is 1.19. The number of hydrogen-bond acceptors (Lipinski definition) is 3. The van der Waals surface area contributed by atoms with E-state index in [4.69, 9.17) is 0 Å². The summed E-state index contributed by atoms with van der Waals surface area (Å²) in [7, 11) is -3.39. The highest BCUT2D eigenvalue weighted by Gasteiger charge is 2.43. The minimum Gasteiger partial charge on any atom is -0.270 e. The van der Waals surface area contributed by atoms with E-state index >= 15 is 0 Å². The third-order valence-corrected chi connectivity index (χ3v) is 2.37. The first kappa shape index (κ1) is 8.93. The van der Waals surface area contributed by atoms with Crippen LogP contribution in [0.3, 0.4) is 0 Å². The van der Waals surface area contributed by atoms with Gasteiger partial charge in [0.15, 0.2) is 0 Å². The van der Waals surface area contributed by atoms with Crippen molar-refractivity contribution in [1.29, 1.82) is 0 Å². The predicted octanol–water partition coefficient (Wildman–Crippen LogP) is 0.712. The predicted molar refractivity (Wildman–Crippen MR) is 38.4 cm³/mol. The van der Waals surface area contributed by atoms with E-state index in [-0.39, 0.29) is 6.61 Å². The fraction of sp³-hybridized carbons (Fsp3) is 1.00. The molecule has 0 heterocycles. The molecule has 0 radical (unpaired) electrons. The second-order valence-corrected chi connectivity index (χ2v) is 4.74. The summed E-state index contributed by atoms with van der Waals surface area (Å²) in [5.74, 6) is 0. The summed E-state index contributed by atoms with van der Waals surface area (Å²) in [5, 5.41) is 0. The van der Waals surface area contributed by atoms with Crippen molar-refractivity contribution in [3.8, 4) is 0 Å². The van der Waals surface area contributed by atoms with Crippen molar-refractivity contribution in [3.05, 3.63) is 0 Å². The summed E-state index contributed by atoms with van der Waals surface area (Å²) in [4.78, 5) is 0. The summed E-state index contributed by atoms with van der Waals surface area (Å²) >= 11 is 0. The van der Waals surface area contributed by atoms with Crippen LogP contribution in [-0.4, -0.2) is 28.0 Å². The van der Waals surface area contributed by atoms with E-state index in [2.05, 4.69) is 4.18 Å². The molecular weight excluding hydrogens is 171 g/mol. The standard InChI is InChI=1S/C6H11FO3S/c1-11(8,9)10-5-6(4-7)2-3-6/h2-5H2,1H3. The molecule has 0 spiro atoms. The van der Waals surface area contributed by atoms with Gasteiger partial charge in [-0.15, -0.1) is 0 Å². The van der Waals surface area contributed by atoms with Crippen molar-refractivity contribution >= 4 is 10.1 Å². The van der Waals surface area contributed by atoms with E-state index in [1.165, 1.54) is 0 Å². The van der Waals surface area contributed by atoms with Crippen molar-refractivity contribution in [2.24, 2.45) is 5.41 Å². The number of alkyl halides is 1. The highest BCUT2D eigenvalue weighted by molar-refractivity contribution is 7.85. The Morgan fingerprint density at radius 3 is 2.36 bits per heavy atom. The van der Waals surface area contributed by atoms with E-state index in [1.54, 1.807) is 0 Å². The van der Waals surface area contributed by atoms with Crippen molar-refractivity contribution < 1.29 is 17.0 Å². The van der Waals surface area contributed by atoms with Crippen LogP contribution in [0.2, 0.25) is 0 Å². The molecule has 1 aliphatic carbocycles. The molecule has 66 valence electrons. The molecule has 0 atom stereocenters. The minimum atomic E-state index is -3.39. The van der Waals surface area contributed by atoms with Gasteiger partial charge in [0.25, 0.3) is 10.1 Å². The third kappa shape index (κ3) is 2.75. The molecular formula is C6H11FO3S. The lowest BCUT2D eigenvalue weighted by molar-refractivity contribution is 0.206. The Labute approximate surface area is 65.7 Å². The first-order valence-corrected chi connectivity index (χ1v) is 5.19. The largest absolute Gasteiger partial charge is 0.270 e. The molecule has 0 aromatic rings. The lowest BCUT2D eigenvalue weighted by atomic mass is 10.1. The Morgan fingerprint density at radius 2 is 2.09 bits per heavy atom. The van der Waals surface area contributed by atoms with Crippen LogP contribution >= 0.6 is 0 Å². The summed E-state index contributed by atoms with van der Waals surface area (Å²) in [5.41, 5.74) is -0.469. The van der Waals surface area contributed by atoms with Gasteiger partial charge in [-0.05, 0) is 12.8 Å². The van der Waals surface area contributed by atoms with E-state index in [9.17, 15) is 12.8 Å². The molecule has 0 aromatic carbocycles. The molecule has 11 heavy (non-hydrogen) atoms. The molecule has 5 heteroatoms. The highest BCUT2D eigenvalue weighted by Crippen LogP contribution is 2.46. The van der Waals surface area contributed by atoms with Gasteiger partial charge in [0, 0.05) is 5.41 Å². The first-order valence-electron chi connectivity index (χ1n) is 3.38. The Hall–Kier alpha value is -0.160. The average molecular weight is 182 g/mol. The van der Waals surface area contributed by atoms with Crippen molar-refractivity contribution in [2.45, 2.75) is 12.8 Å². The fourth-order valence-electron chi connectivity index (χ4n) is 0.725. The zero-order valence-electron chi connectivity index (χ0n) is 6.34. The number of hydrogen-bond donors (Lipinski definition) is 0. The van der Waals surface area contributed by atoms with Crippen LogP contribution in [0.5, 0.6) is 0 Å². The van der Waals surface area contributed by atoms with E-state index in [0.29, 0.717) is 0 Å². The van der Waals surface area contributed by atoms with Crippen molar-refractivity contribution in [2.75, 3.05) is 19.5 Å². The molecule has 0 amide bonds. The second-order valence-electron chi connectivity index (χ2n) is 3.10. The number of halogens is 1. The Bertz CT molecular complexity index is 230. The maximum atomic E-state index is 12.1. The summed E-state index contributed by atoms with van der Waals surface area (Å²) in [6.07, 6.45) is 2.44. The number of rotatable bonds is 4. The van der Waals surface area contributed by atoms with E-state index in [1.807, 2.05) is 0 Å². The van der Waals surface area contributed by atoms with Gasteiger partial charge in [0.05, 0.1) is 19.5 Å². The normalized spacial score (nSPS) is 21.6. The summed E-state index contributed by atoms with van der Waals surface area (Å²) in [6, 6.07) is 0. The molecule has 0 aliphatic heterocycles. The quantitative estimate of drug-likeness (QED) is 0.601. The molecule has 3 nitrogen and oxygen atoms in total. The molecule has 1 fully saturated rings. The molecule has 0 saturated heterocycles. The van der Waals surface area contributed by atoms with Gasteiger partial charge >= 0.3 is 0 Å². The van der Waals surface area contributed by atoms with Gasteiger partial charge in [0.1, 0.15) is 0 Å². The Morgan fingerprint density at radius 1 is 1.55 bits per heavy atom. The van der Waals surface area contributed by atoms with Crippen LogP contribution in [0.15, 0.2) is 0 Å². The highest BCUT2D eigenvalue weighted by atomic mass is 32.2. The Kier molecular flexibility index (Phi) is 2.20. The van der Waals surface area contributed by atoms with Crippen molar-refractivity contribution in [3.63, 3.8) is 0 Å². The van der Waals surface area contributed by atoms with Crippen LogP contribution in [0, 0.1) is 5.41 Å². The molecule has 1 aliphatic rings. The minimum absolute atomic E-state index is 0.00231. The van der Waals surface area contributed by atoms with Gasteiger partial charge in [-0.1, -0.05) is 0 Å². The summed E-state index contributed by atoms with van der Waals surface area (Å²) < 4.78 is 37.6. The monoisotopic (exact) mass is 182 g/mol. The molecule has 0 aromatic heterocycles. The van der Waals surface area contributed by atoms with Gasteiger partial charge in [0.2, 0.25) is 0 Å². The first-order chi connectivity index (χ1) is 4.97. The topological polar surface area (TPSA) is 43.4 Å². The van der Waals surface area contributed by atoms with E-state index in [0.717, 1.165) is 19.1 Å². The molecule has 1 rings (SSSR count). The van der Waals surface area contributed by atoms with Crippen LogP contribution in [0.4, 0.5) is 4.39 Å². The molecule has 0 unspecified atom stereocenters. The molecule has 0 bridgehead atoms. The zero-order chi connectivity index (χ0) is 8.54. The van der Waals surface area contributed by atoms with E-state index < -0.39 is 22.2 Å². The SMILES string of the molecule is CS(=O)(=O)OCC1(CF)CC1. The van der Waals surface area contributed by atoms with Crippen LogP contribution < -0.4 is 0 Å².